The number of hydrogen-bond donors (Lipinski definition) is 1. The molecule has 4 aliphatic heterocycles. The van der Waals surface area contributed by atoms with Gasteiger partial charge >= 0.3 is 23.9 Å². The molecule has 4 heterocycles. The van der Waals surface area contributed by atoms with E-state index < -0.39 is 64.6 Å². The van der Waals surface area contributed by atoms with E-state index in [1.165, 1.54) is 27.4 Å². The Balaban J connectivity index is 0.000000129. The lowest BCUT2D eigenvalue weighted by atomic mass is 9.84. The number of benzene rings is 14. The quantitative estimate of drug-likeness (QED) is 0.0562. The summed E-state index contributed by atoms with van der Waals surface area (Å²) in [5, 5.41) is 13.8. The third-order valence-electron chi connectivity index (χ3n) is 21.2. The molecule has 16 nitrogen and oxygen atoms in total. The molecule has 1 N–H and O–H groups in total. The number of fused-ring (bicyclic) bond motifs is 10. The van der Waals surface area contributed by atoms with Gasteiger partial charge in [-0.2, -0.15) is 4.39 Å². The van der Waals surface area contributed by atoms with Gasteiger partial charge in [0.05, 0.1) is 27.0 Å². The Labute approximate surface area is 687 Å². The zero-order valence-corrected chi connectivity index (χ0v) is 66.1. The lowest BCUT2D eigenvalue weighted by Crippen LogP contribution is -2.30. The molecule has 21 heteroatoms. The fraction of sp³-hybridized carbons (Fsp3) is 0.134. The maximum atomic E-state index is 14.2. The molecule has 0 radical (unpaired) electrons. The molecule has 0 saturated heterocycles. The minimum Gasteiger partial charge on any atom is -0.508 e. The van der Waals surface area contributed by atoms with Crippen molar-refractivity contribution >= 4 is 107 Å². The largest absolute Gasteiger partial charge is 0.508 e. The summed E-state index contributed by atoms with van der Waals surface area (Å²) in [6.07, 6.45) is 0. The maximum absolute atomic E-state index is 14.2. The number of hydrogen-bond acceptors (Lipinski definition) is 16. The van der Waals surface area contributed by atoms with Crippen LogP contribution in [0.1, 0.15) is 81.2 Å². The van der Waals surface area contributed by atoms with Crippen LogP contribution >= 0.6 is 15.9 Å². The van der Waals surface area contributed by atoms with Crippen molar-refractivity contribution < 1.29 is 75.0 Å². The number of esters is 4. The number of halogens is 5. The minimum atomic E-state index is -1.59. The normalized spacial score (nSPS) is 13.8. The van der Waals surface area contributed by atoms with E-state index in [9.17, 15) is 41.8 Å². The van der Waals surface area contributed by atoms with Crippen LogP contribution in [0.25, 0.3) is 21.5 Å². The van der Waals surface area contributed by atoms with E-state index in [2.05, 4.69) is 50.9 Å². The van der Waals surface area contributed by atoms with Gasteiger partial charge in [-0.25, -0.2) is 13.2 Å². The van der Waals surface area contributed by atoms with Crippen molar-refractivity contribution in [2.75, 3.05) is 69.1 Å². The molecule has 0 amide bonds. The molecule has 0 aliphatic carbocycles. The predicted molar refractivity (Wildman–Crippen MR) is 455 cm³/mol. The molecule has 2 unspecified atom stereocenters. The van der Waals surface area contributed by atoms with Gasteiger partial charge in [-0.3, -0.25) is 19.2 Å². The molecule has 0 spiro atoms. The summed E-state index contributed by atoms with van der Waals surface area (Å²) >= 11 is 3.49. The van der Waals surface area contributed by atoms with Gasteiger partial charge in [0.25, 0.3) is 0 Å². The van der Waals surface area contributed by atoms with E-state index in [-0.39, 0.29) is 30.9 Å². The third-order valence-corrected chi connectivity index (χ3v) is 21.7. The van der Waals surface area contributed by atoms with E-state index in [1.807, 2.05) is 226 Å². The summed E-state index contributed by atoms with van der Waals surface area (Å²) in [6, 6.07) is 83.9. The number of anilines is 8. The molecule has 2 atom stereocenters. The number of aryl methyl sites for hydroxylation is 1. The lowest BCUT2D eigenvalue weighted by molar-refractivity contribution is -0.136. The Morgan fingerprint density at radius 1 is 0.347 bits per heavy atom. The molecule has 4 aliphatic rings. The lowest BCUT2D eigenvalue weighted by Gasteiger charge is -2.36. The zero-order valence-electron chi connectivity index (χ0n) is 64.5. The maximum Gasteiger partial charge on any atom is 0.323 e. The van der Waals surface area contributed by atoms with E-state index >= 15 is 0 Å². The van der Waals surface area contributed by atoms with Gasteiger partial charge in [-0.15, -0.1) is 0 Å². The molecule has 0 bridgehead atoms. The van der Waals surface area contributed by atoms with Crippen molar-refractivity contribution in [1.82, 2.24) is 0 Å². The first kappa shape index (κ1) is 80.7. The van der Waals surface area contributed by atoms with Gasteiger partial charge in [-0.05, 0) is 176 Å². The number of methoxy groups -OCH3 is 3. The molecule has 14 aromatic rings. The van der Waals surface area contributed by atoms with E-state index in [4.69, 9.17) is 33.2 Å². The Hall–Kier alpha value is -13.9. The number of rotatable bonds is 11. The van der Waals surface area contributed by atoms with Crippen LogP contribution in [-0.2, 0) is 19.2 Å². The van der Waals surface area contributed by atoms with E-state index in [0.29, 0.717) is 63.4 Å². The summed E-state index contributed by atoms with van der Waals surface area (Å²) in [4.78, 5) is 61.2. The van der Waals surface area contributed by atoms with Gasteiger partial charge in [0, 0.05) is 102 Å². The monoisotopic (exact) mass is 1650 g/mol. The summed E-state index contributed by atoms with van der Waals surface area (Å²) in [7, 11) is 12.2. The number of carbonyl (C=O) groups is 4. The minimum absolute atomic E-state index is 0. The summed E-state index contributed by atoms with van der Waals surface area (Å²) in [6.45, 7) is 2.07. The first-order chi connectivity index (χ1) is 56.6. The highest BCUT2D eigenvalue weighted by atomic mass is 79.9. The number of ether oxygens (including phenoxy) is 7. The fourth-order valence-electron chi connectivity index (χ4n) is 15.7. The van der Waals surface area contributed by atoms with Crippen LogP contribution in [0.4, 0.5) is 63.1 Å². The van der Waals surface area contributed by atoms with Crippen molar-refractivity contribution in [3.8, 4) is 46.0 Å². The second-order valence-corrected chi connectivity index (χ2v) is 29.1. The van der Waals surface area contributed by atoms with Crippen molar-refractivity contribution in [1.29, 1.82) is 0 Å². The van der Waals surface area contributed by atoms with Crippen LogP contribution in [0.2, 0.25) is 0 Å². The zero-order chi connectivity index (χ0) is 82.0. The number of nitrogens with zero attached hydrogens (tertiary/aromatic N) is 4. The van der Waals surface area contributed by atoms with E-state index in [0.717, 1.165) is 111 Å². The second-order valence-electron chi connectivity index (χ2n) is 28.1. The molecule has 118 heavy (non-hydrogen) atoms. The van der Waals surface area contributed by atoms with E-state index in [1.54, 1.807) is 42.3 Å². The average Bonchev–Trinajstić information content (AvgIpc) is 0.730. The smallest absolute Gasteiger partial charge is 0.323 e. The molecular weight excluding hydrogens is 1570 g/mol. The van der Waals surface area contributed by atoms with Gasteiger partial charge in [0.1, 0.15) is 69.7 Å². The number of phenols is 1. The molecule has 594 valence electrons. The summed E-state index contributed by atoms with van der Waals surface area (Å²) < 4.78 is 95.2. The van der Waals surface area contributed by atoms with Crippen molar-refractivity contribution in [2.24, 2.45) is 0 Å². The molecule has 18 rings (SSSR count). The molecule has 0 saturated carbocycles. The van der Waals surface area contributed by atoms with Gasteiger partial charge in [0.2, 0.25) is 11.6 Å². The Bertz CT molecular complexity index is 6130. The van der Waals surface area contributed by atoms with Crippen molar-refractivity contribution in [3.05, 3.63) is 357 Å². The molecule has 14 aromatic carbocycles. The van der Waals surface area contributed by atoms with Gasteiger partial charge in [-0.1, -0.05) is 175 Å². The Morgan fingerprint density at radius 2 is 0.746 bits per heavy atom. The first-order valence-electron chi connectivity index (χ1n) is 37.2. The SMILES string of the molecule is C.CN1c2ccccc2C(C(=O)Oc2cc(O)cc(F)c2)c2ccccc21.CN1c2ccccc2C(C(=O)Oc2ccc3cc(Br)ccc3c2)c2ccccc21.COc1ccc2c(c1)N(C)c1c(OC)ccc(OC)c1C2C(=O)Oc1c(F)ccc(F)c1F.Cc1ccc2c(c1)N(C)c1ccccc1C2C(=O)Oc1ccc2ccccc2c1. The number of para-hydroxylation sites is 5. The highest BCUT2D eigenvalue weighted by Crippen LogP contribution is 2.55. The second kappa shape index (κ2) is 34.3. The number of phenolic OH excluding ortho intramolecular Hbond substituents is 1. The molecular formula is C97H79BrF4N4O12. The van der Waals surface area contributed by atoms with Gasteiger partial charge < -0.3 is 57.9 Å². The highest BCUT2D eigenvalue weighted by Gasteiger charge is 2.42. The summed E-state index contributed by atoms with van der Waals surface area (Å²) in [5.74, 6) is -8.61. The Kier molecular flexibility index (Phi) is 23.4. The fourth-order valence-corrected chi connectivity index (χ4v) is 16.0. The van der Waals surface area contributed by atoms with Crippen LogP contribution in [-0.4, -0.2) is 78.5 Å². The van der Waals surface area contributed by atoms with Crippen molar-refractivity contribution in [3.63, 3.8) is 0 Å². The number of aromatic hydroxyl groups is 1. The summed E-state index contributed by atoms with van der Waals surface area (Å²) in [5.41, 5.74) is 14.5. The van der Waals surface area contributed by atoms with Crippen LogP contribution in [0.5, 0.6) is 46.0 Å². The Morgan fingerprint density at radius 3 is 1.26 bits per heavy atom. The van der Waals surface area contributed by atoms with Crippen LogP contribution in [0.3, 0.4) is 0 Å². The third kappa shape index (κ3) is 15.8. The topological polar surface area (TPSA) is 166 Å². The van der Waals surface area contributed by atoms with Crippen LogP contribution in [0.15, 0.2) is 284 Å². The van der Waals surface area contributed by atoms with Crippen LogP contribution in [0, 0.1) is 30.2 Å². The first-order valence-corrected chi connectivity index (χ1v) is 38.0. The average molecular weight is 1650 g/mol. The number of carbonyl (C=O) groups excluding carboxylic acids is 4. The van der Waals surface area contributed by atoms with Crippen molar-refractivity contribution in [2.45, 2.75) is 38.0 Å². The predicted octanol–water partition coefficient (Wildman–Crippen LogP) is 22.3. The van der Waals surface area contributed by atoms with Gasteiger partial charge in [0.15, 0.2) is 11.6 Å². The highest BCUT2D eigenvalue weighted by molar-refractivity contribution is 9.10. The molecule has 0 aromatic heterocycles. The standard InChI is InChI=1S/C26H21NO2.C25H18BrNO2.C24H20F3NO5.C21H16FNO3.CH4/c1-17-11-14-22-24(15-17)27(2)23-10-6-5-9-21(23)25(22)26(28)29-20-13-12-18-7-3-4-8-19(18)16-20;1-27-22-8-4-2-6-20(22)24(21-7-3-5-9-23(21)27)25(28)29-19-13-11-16-14-18(26)12-10-17(16)15-19;1-28-16-11-12(30-2)5-6-13(16)19(20-17(31-3)9-10-18(32-4)22(20)28)24(29)33-23-15(26)8-7-14(25)21(23)27;1-23-18-8-4-2-6-16(18)20(17-7-3-5-9-19(17)23)21(25)26-15-11-13(22)10-14(24)12-15;/h3-16,25H,1-2H3;2-15,24H,1H3;5-11,19H,1-4H3;2-12,20,24H,1H3;1H4. The van der Waals surface area contributed by atoms with Crippen LogP contribution < -0.4 is 52.8 Å². The molecule has 0 fully saturated rings.